The van der Waals surface area contributed by atoms with Crippen molar-refractivity contribution in [3.63, 3.8) is 0 Å². The van der Waals surface area contributed by atoms with Gasteiger partial charge in [0, 0.05) is 7.11 Å². The summed E-state index contributed by atoms with van der Waals surface area (Å²) in [6.45, 7) is 0. The van der Waals surface area contributed by atoms with Gasteiger partial charge in [0.2, 0.25) is 0 Å². The second-order valence-electron chi connectivity index (χ2n) is 0. The third-order valence-electron chi connectivity index (χ3n) is 0. The van der Waals surface area contributed by atoms with Crippen molar-refractivity contribution in [2.75, 3.05) is 7.11 Å². The van der Waals surface area contributed by atoms with E-state index in [0.717, 1.165) is 7.11 Å². The minimum absolute atomic E-state index is 0.300. The molecule has 0 fully saturated rings. The SMILES string of the molecule is CO.[O]=[Zr]. The van der Waals surface area contributed by atoms with Crippen molar-refractivity contribution in [1.82, 2.24) is 0 Å². The number of aliphatic hydroxyl groups excluding tert-OH is 1. The molecule has 4 heavy (non-hydrogen) atoms. The van der Waals surface area contributed by atoms with Crippen LogP contribution in [-0.4, -0.2) is 12.2 Å². The Balaban J connectivity index is 0. The van der Waals surface area contributed by atoms with Gasteiger partial charge in [-0.15, -0.1) is 0 Å². The standard InChI is InChI=1S/CH4O.O.Zr/c1-2;;/h2H,1H3;;. The molecule has 2 nitrogen and oxygen atoms in total. The Labute approximate surface area is 40.1 Å². The second kappa shape index (κ2) is 61.5. The van der Waals surface area contributed by atoms with Crippen molar-refractivity contribution >= 4 is 0 Å². The number of aliphatic hydroxyl groups is 1. The van der Waals surface area contributed by atoms with Crippen LogP contribution in [0.15, 0.2) is 0 Å². The van der Waals surface area contributed by atoms with Crippen LogP contribution in [0.2, 0.25) is 0 Å². The summed E-state index contributed by atoms with van der Waals surface area (Å²) in [5.41, 5.74) is 0. The van der Waals surface area contributed by atoms with E-state index in [1.54, 1.807) is 0 Å². The summed E-state index contributed by atoms with van der Waals surface area (Å²) in [4.78, 5) is 0. The Kier molecular flexibility index (Phi) is 136. The van der Waals surface area contributed by atoms with E-state index < -0.39 is 0 Å². The van der Waals surface area contributed by atoms with E-state index >= 15 is 0 Å². The van der Waals surface area contributed by atoms with Gasteiger partial charge in [0.05, 0.1) is 0 Å². The number of hydrogen-bond acceptors (Lipinski definition) is 2. The molecule has 0 saturated carbocycles. The molecule has 0 spiro atoms. The Morgan fingerprint density at radius 1 is 1.50 bits per heavy atom. The van der Waals surface area contributed by atoms with Gasteiger partial charge in [-0.1, -0.05) is 0 Å². The maximum absolute atomic E-state index is 8.34. The third kappa shape index (κ3) is 17.3. The molecule has 24 valence electrons. The summed E-state index contributed by atoms with van der Waals surface area (Å²) in [5.74, 6) is 0. The van der Waals surface area contributed by atoms with Crippen LogP contribution < -0.4 is 0 Å². The molecule has 0 saturated heterocycles. The Morgan fingerprint density at radius 3 is 1.50 bits per heavy atom. The van der Waals surface area contributed by atoms with Crippen LogP contribution in [0.5, 0.6) is 0 Å². The van der Waals surface area contributed by atoms with E-state index in [1.165, 1.54) is 0 Å². The predicted molar refractivity (Wildman–Crippen MR) is 8.83 cm³/mol. The van der Waals surface area contributed by atoms with Gasteiger partial charge in [0.25, 0.3) is 0 Å². The molecular formula is CH4O2Zr. The molecule has 1 N–H and O–H groups in total. The first-order valence-electron chi connectivity index (χ1n) is 0.651. The minimum atomic E-state index is 0.300. The zero-order chi connectivity index (χ0) is 4.00. The summed E-state index contributed by atoms with van der Waals surface area (Å²) in [7, 11) is 1.00. The van der Waals surface area contributed by atoms with Crippen molar-refractivity contribution in [2.24, 2.45) is 0 Å². The van der Waals surface area contributed by atoms with Crippen LogP contribution in [0.4, 0.5) is 0 Å². The van der Waals surface area contributed by atoms with Crippen LogP contribution >= 0.6 is 0 Å². The van der Waals surface area contributed by atoms with Crippen LogP contribution in [-0.2, 0) is 27.5 Å². The molecule has 0 aromatic carbocycles. The molecule has 0 radical (unpaired) electrons. The maximum atomic E-state index is 8.34. The van der Waals surface area contributed by atoms with Crippen molar-refractivity contribution in [3.8, 4) is 0 Å². The molecule has 0 amide bonds. The molecule has 0 aliphatic heterocycles. The average molecular weight is 139 g/mol. The van der Waals surface area contributed by atoms with Crippen LogP contribution in [0.1, 0.15) is 0 Å². The molecule has 0 rings (SSSR count). The van der Waals surface area contributed by atoms with Gasteiger partial charge < -0.3 is 5.11 Å². The number of rotatable bonds is 0. The van der Waals surface area contributed by atoms with Crippen LogP contribution in [0, 0.1) is 0 Å². The zero-order valence-electron chi connectivity index (χ0n) is 2.36. The van der Waals surface area contributed by atoms with E-state index in [2.05, 4.69) is 0 Å². The fourth-order valence-electron chi connectivity index (χ4n) is 0. The van der Waals surface area contributed by atoms with Crippen molar-refractivity contribution in [3.05, 3.63) is 0 Å². The summed E-state index contributed by atoms with van der Waals surface area (Å²) in [6, 6.07) is 0. The Morgan fingerprint density at radius 2 is 1.50 bits per heavy atom. The van der Waals surface area contributed by atoms with E-state index in [4.69, 9.17) is 7.92 Å². The molecular weight excluding hydrogens is 135 g/mol. The summed E-state index contributed by atoms with van der Waals surface area (Å²) < 4.78 is 8.34. The average Bonchev–Trinajstić information content (AvgIpc) is 1.50. The third-order valence-corrected chi connectivity index (χ3v) is 0. The molecule has 3 heteroatoms. The first kappa shape index (κ1) is 8.82. The number of hydrogen-bond donors (Lipinski definition) is 1. The zero-order valence-corrected chi connectivity index (χ0v) is 4.81. The fourth-order valence-corrected chi connectivity index (χ4v) is 0. The molecule has 0 aromatic heterocycles. The summed E-state index contributed by atoms with van der Waals surface area (Å²) >= 11 is 0.300. The monoisotopic (exact) mass is 138 g/mol. The predicted octanol–water partition coefficient (Wildman–Crippen LogP) is -0.513. The van der Waals surface area contributed by atoms with E-state index in [9.17, 15) is 0 Å². The molecule has 0 aliphatic rings. The summed E-state index contributed by atoms with van der Waals surface area (Å²) in [5, 5.41) is 7.00. The molecule has 0 aliphatic carbocycles. The molecule has 0 unspecified atom stereocenters. The van der Waals surface area contributed by atoms with E-state index in [1.807, 2.05) is 0 Å². The van der Waals surface area contributed by atoms with Gasteiger partial charge in [-0.2, -0.15) is 0 Å². The van der Waals surface area contributed by atoms with Crippen molar-refractivity contribution in [2.45, 2.75) is 0 Å². The first-order valence-corrected chi connectivity index (χ1v) is 1.65. The van der Waals surface area contributed by atoms with Crippen LogP contribution in [0.3, 0.4) is 0 Å². The van der Waals surface area contributed by atoms with Gasteiger partial charge in [-0.05, 0) is 0 Å². The first-order chi connectivity index (χ1) is 2.00. The van der Waals surface area contributed by atoms with Crippen molar-refractivity contribution < 1.29 is 32.6 Å². The van der Waals surface area contributed by atoms with E-state index in [0.29, 0.717) is 24.7 Å². The van der Waals surface area contributed by atoms with Gasteiger partial charge in [-0.25, -0.2) is 0 Å². The molecule has 0 bridgehead atoms. The van der Waals surface area contributed by atoms with Gasteiger partial charge >= 0.3 is 27.5 Å². The molecule has 0 atom stereocenters. The molecule has 0 heterocycles. The summed E-state index contributed by atoms with van der Waals surface area (Å²) in [6.07, 6.45) is 0. The van der Waals surface area contributed by atoms with Crippen LogP contribution in [0.25, 0.3) is 0 Å². The Hall–Kier alpha value is 0.643. The molecule has 0 aromatic rings. The topological polar surface area (TPSA) is 37.3 Å². The fraction of sp³-hybridized carbons (Fsp3) is 1.00. The van der Waals surface area contributed by atoms with E-state index in [-0.39, 0.29) is 0 Å². The van der Waals surface area contributed by atoms with Gasteiger partial charge in [0.15, 0.2) is 0 Å². The second-order valence-corrected chi connectivity index (χ2v) is 0. The normalized spacial score (nSPS) is 2.25. The Bertz CT molecular complexity index is 6.00. The van der Waals surface area contributed by atoms with Gasteiger partial charge in [-0.3, -0.25) is 0 Å². The quantitative estimate of drug-likeness (QED) is 0.491. The van der Waals surface area contributed by atoms with Crippen molar-refractivity contribution in [1.29, 1.82) is 0 Å². The van der Waals surface area contributed by atoms with Gasteiger partial charge in [0.1, 0.15) is 0 Å².